The molecule has 0 amide bonds. The van der Waals surface area contributed by atoms with Crippen LogP contribution in [0.5, 0.6) is 11.5 Å². The van der Waals surface area contributed by atoms with Gasteiger partial charge in [0.1, 0.15) is 18.2 Å². The number of benzene rings is 1. The number of hydrogen-bond donors (Lipinski definition) is 3. The third-order valence-corrected chi connectivity index (χ3v) is 4.08. The molecule has 0 aliphatic heterocycles. The second-order valence-electron chi connectivity index (χ2n) is 6.23. The van der Waals surface area contributed by atoms with E-state index in [1.54, 1.807) is 26.8 Å². The van der Waals surface area contributed by atoms with Gasteiger partial charge in [-0.25, -0.2) is 0 Å². The summed E-state index contributed by atoms with van der Waals surface area (Å²) in [5.74, 6) is -1.70. The second kappa shape index (κ2) is 9.27. The second-order valence-corrected chi connectivity index (χ2v) is 6.23. The Morgan fingerprint density at radius 3 is 2.12 bits per heavy atom. The van der Waals surface area contributed by atoms with Crippen LogP contribution >= 0.6 is 0 Å². The number of nitrogens with two attached hydrogens (primary N) is 1. The van der Waals surface area contributed by atoms with Gasteiger partial charge >= 0.3 is 11.9 Å². The predicted octanol–water partition coefficient (Wildman–Crippen LogP) is 1.88. The minimum atomic E-state index is -0.941. The Labute approximate surface area is 147 Å². The van der Waals surface area contributed by atoms with Crippen molar-refractivity contribution in [3.05, 3.63) is 23.8 Å². The fourth-order valence-corrected chi connectivity index (χ4v) is 1.96. The predicted molar refractivity (Wildman–Crippen MR) is 92.0 cm³/mol. The van der Waals surface area contributed by atoms with Crippen LogP contribution in [0.1, 0.15) is 39.7 Å². The van der Waals surface area contributed by atoms with Gasteiger partial charge < -0.3 is 25.4 Å². The molecule has 0 fully saturated rings. The fraction of sp³-hybridized carbons (Fsp3) is 0.556. The van der Waals surface area contributed by atoms with Gasteiger partial charge in [-0.1, -0.05) is 19.9 Å². The molecular weight excluding hydrogens is 326 g/mol. The van der Waals surface area contributed by atoms with E-state index in [0.717, 1.165) is 0 Å². The first-order valence-corrected chi connectivity index (χ1v) is 8.33. The van der Waals surface area contributed by atoms with E-state index in [-0.39, 0.29) is 29.8 Å². The SMILES string of the molecule is CCC(C)C(=O)O[C@H](C)[C@H](C)OC(=O)[C@@H](N)Cc1ccc(O)c(O)c1. The Morgan fingerprint density at radius 2 is 1.60 bits per heavy atom. The first-order valence-electron chi connectivity index (χ1n) is 8.33. The molecule has 25 heavy (non-hydrogen) atoms. The lowest BCUT2D eigenvalue weighted by Gasteiger charge is -2.23. The molecule has 0 aliphatic rings. The molecule has 0 saturated heterocycles. The zero-order chi connectivity index (χ0) is 19.1. The van der Waals surface area contributed by atoms with E-state index in [9.17, 15) is 19.8 Å². The minimum Gasteiger partial charge on any atom is -0.504 e. The highest BCUT2D eigenvalue weighted by molar-refractivity contribution is 5.76. The summed E-state index contributed by atoms with van der Waals surface area (Å²) in [7, 11) is 0. The molecular formula is C18H27NO6. The summed E-state index contributed by atoms with van der Waals surface area (Å²) < 4.78 is 10.5. The Kier molecular flexibility index (Phi) is 7.70. The molecule has 0 spiro atoms. The molecule has 1 aromatic carbocycles. The van der Waals surface area contributed by atoms with E-state index >= 15 is 0 Å². The molecule has 0 aromatic heterocycles. The molecule has 0 saturated carbocycles. The average molecular weight is 353 g/mol. The first-order chi connectivity index (χ1) is 11.6. The van der Waals surface area contributed by atoms with Gasteiger partial charge in [0.05, 0.1) is 5.92 Å². The van der Waals surface area contributed by atoms with Gasteiger partial charge in [-0.05, 0) is 44.4 Å². The van der Waals surface area contributed by atoms with Gasteiger partial charge in [0.15, 0.2) is 11.5 Å². The van der Waals surface area contributed by atoms with Gasteiger partial charge in [-0.3, -0.25) is 9.59 Å². The van der Waals surface area contributed by atoms with Gasteiger partial charge in [0.2, 0.25) is 0 Å². The maximum Gasteiger partial charge on any atom is 0.323 e. The first kappa shape index (κ1) is 20.8. The molecule has 0 radical (unpaired) electrons. The number of aromatic hydroxyl groups is 2. The number of carbonyl (C=O) groups is 2. The van der Waals surface area contributed by atoms with E-state index < -0.39 is 24.2 Å². The van der Waals surface area contributed by atoms with Crippen molar-refractivity contribution in [1.82, 2.24) is 0 Å². The maximum atomic E-state index is 12.1. The van der Waals surface area contributed by atoms with Gasteiger partial charge in [0.25, 0.3) is 0 Å². The number of ether oxygens (including phenoxy) is 2. The quantitative estimate of drug-likeness (QED) is 0.482. The zero-order valence-corrected chi connectivity index (χ0v) is 15.1. The Morgan fingerprint density at radius 1 is 1.04 bits per heavy atom. The summed E-state index contributed by atoms with van der Waals surface area (Å²) in [6.45, 7) is 6.95. The molecule has 4 atom stereocenters. The number of carbonyl (C=O) groups excluding carboxylic acids is 2. The van der Waals surface area contributed by atoms with Crippen molar-refractivity contribution in [1.29, 1.82) is 0 Å². The fourth-order valence-electron chi connectivity index (χ4n) is 1.96. The standard InChI is InChI=1S/C18H27NO6/c1-5-10(2)17(22)24-11(3)12(4)25-18(23)14(19)8-13-6-7-15(20)16(21)9-13/h6-7,9-12,14,20-21H,5,8,19H2,1-4H3/t10?,11-,12+,14+/m1/s1. The molecule has 1 unspecified atom stereocenters. The van der Waals surface area contributed by atoms with Gasteiger partial charge in [0, 0.05) is 0 Å². The van der Waals surface area contributed by atoms with Crippen molar-refractivity contribution in [2.45, 2.75) is 58.8 Å². The van der Waals surface area contributed by atoms with Crippen molar-refractivity contribution >= 4 is 11.9 Å². The molecule has 1 aromatic rings. The van der Waals surface area contributed by atoms with E-state index in [2.05, 4.69) is 0 Å². The van der Waals surface area contributed by atoms with Crippen LogP contribution in [0.2, 0.25) is 0 Å². The van der Waals surface area contributed by atoms with Crippen LogP contribution in [0.25, 0.3) is 0 Å². The summed E-state index contributed by atoms with van der Waals surface area (Å²) in [5.41, 5.74) is 6.42. The monoisotopic (exact) mass is 353 g/mol. The van der Waals surface area contributed by atoms with Crippen LogP contribution in [0.15, 0.2) is 18.2 Å². The number of esters is 2. The van der Waals surface area contributed by atoms with E-state index in [0.29, 0.717) is 12.0 Å². The Balaban J connectivity index is 2.55. The summed E-state index contributed by atoms with van der Waals surface area (Å²) in [6, 6.07) is 3.27. The molecule has 7 nitrogen and oxygen atoms in total. The number of rotatable bonds is 8. The van der Waals surface area contributed by atoms with Gasteiger partial charge in [-0.15, -0.1) is 0 Å². The summed E-state index contributed by atoms with van der Waals surface area (Å²) >= 11 is 0. The lowest BCUT2D eigenvalue weighted by atomic mass is 10.1. The molecule has 7 heteroatoms. The van der Waals surface area contributed by atoms with Crippen LogP contribution in [-0.4, -0.2) is 40.4 Å². The Hall–Kier alpha value is -2.28. The van der Waals surface area contributed by atoms with Crippen molar-refractivity contribution in [2.75, 3.05) is 0 Å². The number of phenolic OH excluding ortho intramolecular Hbond substituents is 2. The van der Waals surface area contributed by atoms with E-state index in [4.69, 9.17) is 15.2 Å². The molecule has 1 rings (SSSR count). The lowest BCUT2D eigenvalue weighted by molar-refractivity contribution is -0.168. The normalized spacial score (nSPS) is 15.7. The molecule has 0 heterocycles. The van der Waals surface area contributed by atoms with E-state index in [1.807, 2.05) is 6.92 Å². The maximum absolute atomic E-state index is 12.1. The number of hydrogen-bond acceptors (Lipinski definition) is 7. The van der Waals surface area contributed by atoms with Crippen LogP contribution in [0.3, 0.4) is 0 Å². The van der Waals surface area contributed by atoms with Gasteiger partial charge in [-0.2, -0.15) is 0 Å². The summed E-state index contributed by atoms with van der Waals surface area (Å²) in [4.78, 5) is 23.9. The molecule has 4 N–H and O–H groups in total. The third kappa shape index (κ3) is 6.26. The zero-order valence-electron chi connectivity index (χ0n) is 15.1. The third-order valence-electron chi connectivity index (χ3n) is 4.08. The number of phenols is 2. The van der Waals surface area contributed by atoms with Crippen LogP contribution in [0.4, 0.5) is 0 Å². The summed E-state index contributed by atoms with van der Waals surface area (Å²) in [5, 5.41) is 18.7. The minimum absolute atomic E-state index is 0.139. The molecule has 0 bridgehead atoms. The van der Waals surface area contributed by atoms with Crippen LogP contribution in [0, 0.1) is 5.92 Å². The topological polar surface area (TPSA) is 119 Å². The van der Waals surface area contributed by atoms with Crippen molar-refractivity contribution < 1.29 is 29.3 Å². The van der Waals surface area contributed by atoms with Crippen molar-refractivity contribution in [2.24, 2.45) is 11.7 Å². The molecule has 140 valence electrons. The van der Waals surface area contributed by atoms with Crippen LogP contribution < -0.4 is 5.73 Å². The van der Waals surface area contributed by atoms with E-state index in [1.165, 1.54) is 12.1 Å². The highest BCUT2D eigenvalue weighted by atomic mass is 16.6. The lowest BCUT2D eigenvalue weighted by Crippen LogP contribution is -2.39. The molecule has 0 aliphatic carbocycles. The largest absolute Gasteiger partial charge is 0.504 e. The van der Waals surface area contributed by atoms with Crippen molar-refractivity contribution in [3.8, 4) is 11.5 Å². The average Bonchev–Trinajstić information content (AvgIpc) is 2.56. The highest BCUT2D eigenvalue weighted by Gasteiger charge is 2.25. The van der Waals surface area contributed by atoms with Crippen LogP contribution in [-0.2, 0) is 25.5 Å². The van der Waals surface area contributed by atoms with Crippen molar-refractivity contribution in [3.63, 3.8) is 0 Å². The Bertz CT molecular complexity index is 603. The smallest absolute Gasteiger partial charge is 0.323 e. The summed E-state index contributed by atoms with van der Waals surface area (Å²) in [6.07, 6.45) is -0.417. The highest BCUT2D eigenvalue weighted by Crippen LogP contribution is 2.25.